The summed E-state index contributed by atoms with van der Waals surface area (Å²) >= 11 is 0. The Morgan fingerprint density at radius 1 is 1.35 bits per heavy atom. The molecule has 5 nitrogen and oxygen atoms in total. The smallest absolute Gasteiger partial charge is 0.276 e. The largest absolute Gasteiger partial charge is 0.295 e. The number of carbonyl (C=O) groups excluding carboxylic acids is 1. The van der Waals surface area contributed by atoms with Crippen LogP contribution in [0.25, 0.3) is 0 Å². The molecule has 2 aromatic heterocycles. The highest BCUT2D eigenvalue weighted by Gasteiger charge is 2.21. The lowest BCUT2D eigenvalue weighted by molar-refractivity contribution is 0.0982. The van der Waals surface area contributed by atoms with E-state index >= 15 is 0 Å². The van der Waals surface area contributed by atoms with Crippen molar-refractivity contribution in [3.8, 4) is 12.3 Å². The molecule has 0 fully saturated rings. The highest BCUT2D eigenvalue weighted by Crippen LogP contribution is 2.16. The third-order valence-corrected chi connectivity index (χ3v) is 3.49. The first-order valence-electron chi connectivity index (χ1n) is 6.92. The van der Waals surface area contributed by atoms with Crippen LogP contribution in [0.1, 0.15) is 21.7 Å². The maximum Gasteiger partial charge on any atom is 0.276 e. The zero-order chi connectivity index (χ0) is 17.1. The third kappa shape index (κ3) is 3.14. The summed E-state index contributed by atoms with van der Waals surface area (Å²) in [5.41, 5.74) is 0.652. The molecule has 0 N–H and O–H groups in total. The summed E-state index contributed by atoms with van der Waals surface area (Å²) in [4.78, 5) is 30.1. The van der Waals surface area contributed by atoms with Gasteiger partial charge in [0.1, 0.15) is 17.3 Å². The lowest BCUT2D eigenvalue weighted by atomic mass is 10.2. The molecule has 0 aliphatic heterocycles. The predicted molar refractivity (Wildman–Crippen MR) is 85.9 cm³/mol. The maximum atomic E-state index is 13.3. The van der Waals surface area contributed by atoms with Crippen molar-refractivity contribution in [1.29, 1.82) is 0 Å². The lowest BCUT2D eigenvalue weighted by Gasteiger charge is -2.20. The first-order valence-corrected chi connectivity index (χ1v) is 6.92. The molecular formula is C17H16FN3O2. The van der Waals surface area contributed by atoms with Crippen LogP contribution >= 0.6 is 0 Å². The highest BCUT2D eigenvalue weighted by molar-refractivity contribution is 6.05. The third-order valence-electron chi connectivity index (χ3n) is 3.49. The SMILES string of the molecule is C#CCn1c(C(=O)N(C)c2ccc(F)c(C)n2)c(C)ccc1=O. The number of terminal acetylenes is 1. The van der Waals surface area contributed by atoms with Gasteiger partial charge in [0, 0.05) is 13.1 Å². The van der Waals surface area contributed by atoms with Gasteiger partial charge >= 0.3 is 0 Å². The Balaban J connectivity index is 2.52. The van der Waals surface area contributed by atoms with Crippen molar-refractivity contribution in [3.63, 3.8) is 0 Å². The van der Waals surface area contributed by atoms with Crippen LogP contribution in [0, 0.1) is 32.0 Å². The number of anilines is 1. The minimum atomic E-state index is -0.449. The van der Waals surface area contributed by atoms with E-state index in [1.54, 1.807) is 13.0 Å². The monoisotopic (exact) mass is 313 g/mol. The molecule has 0 aliphatic rings. The van der Waals surface area contributed by atoms with Crippen molar-refractivity contribution < 1.29 is 9.18 Å². The Labute approximate surface area is 133 Å². The Morgan fingerprint density at radius 3 is 2.65 bits per heavy atom. The molecule has 0 bridgehead atoms. The molecule has 0 spiro atoms. The number of nitrogens with zero attached hydrogens (tertiary/aromatic N) is 3. The molecule has 2 heterocycles. The Bertz CT molecular complexity index is 865. The van der Waals surface area contributed by atoms with Crippen molar-refractivity contribution in [2.75, 3.05) is 11.9 Å². The zero-order valence-corrected chi connectivity index (χ0v) is 13.1. The number of hydrogen-bond acceptors (Lipinski definition) is 3. The van der Waals surface area contributed by atoms with Gasteiger partial charge in [-0.2, -0.15) is 0 Å². The van der Waals surface area contributed by atoms with Crippen LogP contribution in [-0.2, 0) is 6.54 Å². The van der Waals surface area contributed by atoms with Gasteiger partial charge in [-0.05, 0) is 31.5 Å². The number of hydrogen-bond donors (Lipinski definition) is 0. The average Bonchev–Trinajstić information content (AvgIpc) is 2.52. The van der Waals surface area contributed by atoms with Gasteiger partial charge in [-0.3, -0.25) is 19.1 Å². The van der Waals surface area contributed by atoms with Crippen LogP contribution in [0.5, 0.6) is 0 Å². The number of carbonyl (C=O) groups is 1. The molecular weight excluding hydrogens is 297 g/mol. The van der Waals surface area contributed by atoms with Crippen molar-refractivity contribution in [2.24, 2.45) is 0 Å². The number of pyridine rings is 2. The van der Waals surface area contributed by atoms with Crippen molar-refractivity contribution >= 4 is 11.7 Å². The fourth-order valence-corrected chi connectivity index (χ4v) is 2.20. The molecule has 2 rings (SSSR count). The second kappa shape index (κ2) is 6.44. The summed E-state index contributed by atoms with van der Waals surface area (Å²) in [6, 6.07) is 5.58. The van der Waals surface area contributed by atoms with Crippen LogP contribution in [0.3, 0.4) is 0 Å². The van der Waals surface area contributed by atoms with Gasteiger partial charge in [-0.25, -0.2) is 9.37 Å². The number of halogens is 1. The van der Waals surface area contributed by atoms with E-state index in [-0.39, 0.29) is 29.3 Å². The van der Waals surface area contributed by atoms with E-state index in [0.29, 0.717) is 5.56 Å². The molecule has 23 heavy (non-hydrogen) atoms. The summed E-state index contributed by atoms with van der Waals surface area (Å²) < 4.78 is 14.6. The minimum Gasteiger partial charge on any atom is -0.295 e. The van der Waals surface area contributed by atoms with Gasteiger partial charge in [0.05, 0.1) is 12.2 Å². The second-order valence-electron chi connectivity index (χ2n) is 5.09. The molecule has 2 aromatic rings. The first-order chi connectivity index (χ1) is 10.9. The van der Waals surface area contributed by atoms with E-state index < -0.39 is 11.7 Å². The van der Waals surface area contributed by atoms with E-state index in [1.165, 1.54) is 41.6 Å². The summed E-state index contributed by atoms with van der Waals surface area (Å²) in [5, 5.41) is 0. The van der Waals surface area contributed by atoms with Crippen LogP contribution in [0.4, 0.5) is 10.2 Å². The summed E-state index contributed by atoms with van der Waals surface area (Å²) in [5.74, 6) is 1.77. The molecule has 0 saturated carbocycles. The van der Waals surface area contributed by atoms with Crippen molar-refractivity contribution in [1.82, 2.24) is 9.55 Å². The molecule has 0 radical (unpaired) electrons. The lowest BCUT2D eigenvalue weighted by Crippen LogP contribution is -2.35. The normalized spacial score (nSPS) is 10.2. The number of aryl methyl sites for hydroxylation is 2. The molecule has 118 valence electrons. The van der Waals surface area contributed by atoms with E-state index in [4.69, 9.17) is 6.42 Å². The number of aromatic nitrogens is 2. The van der Waals surface area contributed by atoms with E-state index in [1.807, 2.05) is 0 Å². The van der Waals surface area contributed by atoms with Gasteiger partial charge < -0.3 is 0 Å². The topological polar surface area (TPSA) is 55.2 Å². The second-order valence-corrected chi connectivity index (χ2v) is 5.09. The molecule has 0 saturated heterocycles. The quantitative estimate of drug-likeness (QED) is 0.813. The molecule has 0 atom stereocenters. The van der Waals surface area contributed by atoms with Crippen LogP contribution in [-0.4, -0.2) is 22.5 Å². The van der Waals surface area contributed by atoms with Crippen LogP contribution < -0.4 is 10.5 Å². The molecule has 1 amide bonds. The van der Waals surface area contributed by atoms with E-state index in [0.717, 1.165) is 0 Å². The zero-order valence-electron chi connectivity index (χ0n) is 13.1. The standard InChI is InChI=1S/C17H16FN3O2/c1-5-10-21-15(22)9-6-11(2)16(21)17(23)20(4)14-8-7-13(18)12(3)19-14/h1,6-9H,10H2,2-4H3. The number of amides is 1. The van der Waals surface area contributed by atoms with Gasteiger partial charge in [0.25, 0.3) is 11.5 Å². The Kier molecular flexibility index (Phi) is 4.60. The summed E-state index contributed by atoms with van der Waals surface area (Å²) in [6.07, 6.45) is 5.28. The predicted octanol–water partition coefficient (Wildman–Crippen LogP) is 1.91. The minimum absolute atomic E-state index is 0.00863. The molecule has 0 aliphatic carbocycles. The average molecular weight is 313 g/mol. The fraction of sp³-hybridized carbons (Fsp3) is 0.235. The van der Waals surface area contributed by atoms with Gasteiger partial charge in [-0.1, -0.05) is 12.0 Å². The van der Waals surface area contributed by atoms with Crippen LogP contribution in [0.2, 0.25) is 0 Å². The molecule has 0 unspecified atom stereocenters. The van der Waals surface area contributed by atoms with Gasteiger partial charge in [-0.15, -0.1) is 6.42 Å². The van der Waals surface area contributed by atoms with E-state index in [9.17, 15) is 14.0 Å². The molecule has 0 aromatic carbocycles. The first kappa shape index (κ1) is 16.4. The van der Waals surface area contributed by atoms with Crippen molar-refractivity contribution in [3.05, 3.63) is 57.4 Å². The van der Waals surface area contributed by atoms with Gasteiger partial charge in [0.15, 0.2) is 0 Å². The number of rotatable bonds is 3. The summed E-state index contributed by atoms with van der Waals surface area (Å²) in [6.45, 7) is 3.22. The van der Waals surface area contributed by atoms with Crippen molar-refractivity contribution in [2.45, 2.75) is 20.4 Å². The summed E-state index contributed by atoms with van der Waals surface area (Å²) in [7, 11) is 1.51. The Morgan fingerprint density at radius 2 is 2.04 bits per heavy atom. The highest BCUT2D eigenvalue weighted by atomic mass is 19.1. The van der Waals surface area contributed by atoms with Gasteiger partial charge in [0.2, 0.25) is 0 Å². The van der Waals surface area contributed by atoms with Crippen LogP contribution in [0.15, 0.2) is 29.1 Å². The van der Waals surface area contributed by atoms with E-state index in [2.05, 4.69) is 10.9 Å². The Hall–Kier alpha value is -2.94. The molecule has 6 heteroatoms. The maximum absolute atomic E-state index is 13.3. The fourth-order valence-electron chi connectivity index (χ4n) is 2.20.